The van der Waals surface area contributed by atoms with Gasteiger partial charge < -0.3 is 15.6 Å². The molecule has 1 saturated heterocycles. The Morgan fingerprint density at radius 1 is 0.943 bits per heavy atom. The molecule has 0 saturated carbocycles. The predicted octanol–water partition coefficient (Wildman–Crippen LogP) is 3.43. The van der Waals surface area contributed by atoms with Gasteiger partial charge in [0.2, 0.25) is 23.6 Å². The smallest absolute Gasteiger partial charge is 0.241 e. The summed E-state index contributed by atoms with van der Waals surface area (Å²) < 4.78 is 5.51. The molecule has 3 N–H and O–H groups in total. The van der Waals surface area contributed by atoms with Crippen LogP contribution in [0.3, 0.4) is 0 Å². The van der Waals surface area contributed by atoms with Crippen LogP contribution in [0.15, 0.2) is 59.1 Å². The van der Waals surface area contributed by atoms with Gasteiger partial charge in [-0.15, -0.1) is 0 Å². The summed E-state index contributed by atoms with van der Waals surface area (Å²) in [4.78, 5) is 22.5. The van der Waals surface area contributed by atoms with Crippen molar-refractivity contribution >= 4 is 17.6 Å². The molecule has 0 spiro atoms. The molecular weight excluding hydrogens is 442 g/mol. The molecule has 0 bridgehead atoms. The molecule has 4 aromatic rings. The average molecular weight is 472 g/mol. The lowest BCUT2D eigenvalue weighted by Gasteiger charge is -2.36. The van der Waals surface area contributed by atoms with Crippen molar-refractivity contribution < 1.29 is 4.52 Å². The summed E-state index contributed by atoms with van der Waals surface area (Å²) in [7, 11) is 0. The van der Waals surface area contributed by atoms with E-state index in [1.54, 1.807) is 0 Å². The number of hydrogen-bond donors (Lipinski definition) is 2. The first-order valence-electron chi connectivity index (χ1n) is 11.7. The Morgan fingerprint density at radius 2 is 1.69 bits per heavy atom. The molecule has 5 rings (SSSR count). The number of hydrogen-bond acceptors (Lipinski definition) is 10. The first-order chi connectivity index (χ1) is 17.0. The number of nitrogen functional groups attached to an aromatic ring is 1. The standard InChI is InChI=1S/C25H29N9O/c1-17-8-10-19(11-9-17)23-28-21(35-32-23)16-33-12-14-34(15-13-33)18(2)22-29-24(26)31-25(30-22)27-20-6-4-3-5-7-20/h3-11,18H,12-16H2,1-2H3,(H3,26,27,29,30,31). The number of piperazine rings is 1. The average Bonchev–Trinajstić information content (AvgIpc) is 3.33. The first kappa shape index (κ1) is 22.9. The second-order valence-corrected chi connectivity index (χ2v) is 8.73. The lowest BCUT2D eigenvalue weighted by Crippen LogP contribution is -2.47. The number of aryl methyl sites for hydroxylation is 1. The van der Waals surface area contributed by atoms with Gasteiger partial charge >= 0.3 is 0 Å². The third-order valence-electron chi connectivity index (χ3n) is 6.16. The highest BCUT2D eigenvalue weighted by atomic mass is 16.5. The van der Waals surface area contributed by atoms with E-state index in [0.29, 0.717) is 30.0 Å². The van der Waals surface area contributed by atoms with Crippen LogP contribution in [0.4, 0.5) is 17.6 Å². The molecule has 10 heteroatoms. The van der Waals surface area contributed by atoms with Crippen LogP contribution in [0, 0.1) is 6.92 Å². The van der Waals surface area contributed by atoms with E-state index in [0.717, 1.165) is 37.4 Å². The zero-order valence-corrected chi connectivity index (χ0v) is 19.9. The van der Waals surface area contributed by atoms with E-state index in [4.69, 9.17) is 10.3 Å². The fourth-order valence-electron chi connectivity index (χ4n) is 4.11. The summed E-state index contributed by atoms with van der Waals surface area (Å²) in [5.74, 6) is 2.57. The Labute approximate surface area is 204 Å². The number of nitrogens with zero attached hydrogens (tertiary/aromatic N) is 7. The van der Waals surface area contributed by atoms with Crippen LogP contribution >= 0.6 is 0 Å². The molecule has 1 unspecified atom stereocenters. The number of para-hydroxylation sites is 1. The molecule has 35 heavy (non-hydrogen) atoms. The summed E-state index contributed by atoms with van der Waals surface area (Å²) in [5.41, 5.74) is 9.05. The van der Waals surface area contributed by atoms with Crippen molar-refractivity contribution in [3.05, 3.63) is 71.9 Å². The van der Waals surface area contributed by atoms with E-state index in [1.165, 1.54) is 5.56 Å². The monoisotopic (exact) mass is 471 g/mol. The summed E-state index contributed by atoms with van der Waals surface area (Å²) in [6, 6.07) is 17.9. The Hall–Kier alpha value is -3.89. The number of rotatable bonds is 7. The SMILES string of the molecule is Cc1ccc(-c2noc(CN3CCN(C(C)c4nc(N)nc(Nc5ccccc5)n4)CC3)n2)cc1. The van der Waals surface area contributed by atoms with Crippen molar-refractivity contribution in [1.29, 1.82) is 0 Å². The molecular formula is C25H29N9O. The number of benzene rings is 2. The van der Waals surface area contributed by atoms with Gasteiger partial charge in [-0.25, -0.2) is 0 Å². The second-order valence-electron chi connectivity index (χ2n) is 8.73. The number of aromatic nitrogens is 5. The molecule has 0 amide bonds. The second kappa shape index (κ2) is 10.2. The maximum absolute atomic E-state index is 5.99. The highest BCUT2D eigenvalue weighted by molar-refractivity contribution is 5.54. The summed E-state index contributed by atoms with van der Waals surface area (Å²) in [5, 5.41) is 7.35. The van der Waals surface area contributed by atoms with E-state index in [-0.39, 0.29) is 12.0 Å². The number of nitrogens with one attached hydrogen (secondary N) is 1. The van der Waals surface area contributed by atoms with Gasteiger partial charge in [0.05, 0.1) is 12.6 Å². The molecule has 3 heterocycles. The van der Waals surface area contributed by atoms with Crippen LogP contribution in [0.2, 0.25) is 0 Å². The maximum atomic E-state index is 5.99. The van der Waals surface area contributed by atoms with Crippen LogP contribution in [0.1, 0.15) is 30.2 Å². The lowest BCUT2D eigenvalue weighted by atomic mass is 10.1. The Bertz CT molecular complexity index is 1250. The first-order valence-corrected chi connectivity index (χ1v) is 11.7. The predicted molar refractivity (Wildman–Crippen MR) is 134 cm³/mol. The Morgan fingerprint density at radius 3 is 2.43 bits per heavy atom. The zero-order chi connectivity index (χ0) is 24.2. The van der Waals surface area contributed by atoms with Crippen molar-refractivity contribution in [3.8, 4) is 11.4 Å². The molecule has 1 aliphatic rings. The molecule has 2 aromatic heterocycles. The molecule has 180 valence electrons. The third-order valence-corrected chi connectivity index (χ3v) is 6.16. The molecule has 0 aliphatic carbocycles. The van der Waals surface area contributed by atoms with Crippen molar-refractivity contribution in [2.45, 2.75) is 26.4 Å². The van der Waals surface area contributed by atoms with Crippen molar-refractivity contribution in [2.24, 2.45) is 0 Å². The minimum Gasteiger partial charge on any atom is -0.368 e. The molecule has 1 atom stereocenters. The largest absolute Gasteiger partial charge is 0.368 e. The maximum Gasteiger partial charge on any atom is 0.241 e. The third kappa shape index (κ3) is 5.61. The van der Waals surface area contributed by atoms with Crippen molar-refractivity contribution in [1.82, 2.24) is 34.9 Å². The minimum atomic E-state index is 0.00955. The highest BCUT2D eigenvalue weighted by Crippen LogP contribution is 2.22. The molecule has 0 radical (unpaired) electrons. The van der Waals surface area contributed by atoms with Crippen LogP contribution in [-0.2, 0) is 6.54 Å². The van der Waals surface area contributed by atoms with Gasteiger partial charge in [-0.3, -0.25) is 9.80 Å². The Kier molecular flexibility index (Phi) is 6.64. The van der Waals surface area contributed by atoms with E-state index >= 15 is 0 Å². The Balaban J connectivity index is 1.18. The van der Waals surface area contributed by atoms with Gasteiger partial charge in [-0.05, 0) is 26.0 Å². The van der Waals surface area contributed by atoms with Gasteiger partial charge in [0.1, 0.15) is 0 Å². The summed E-state index contributed by atoms with van der Waals surface area (Å²) >= 11 is 0. The van der Waals surface area contributed by atoms with Crippen molar-refractivity contribution in [3.63, 3.8) is 0 Å². The van der Waals surface area contributed by atoms with Crippen LogP contribution < -0.4 is 11.1 Å². The fraction of sp³-hybridized carbons (Fsp3) is 0.320. The van der Waals surface area contributed by atoms with Gasteiger partial charge in [0.25, 0.3) is 0 Å². The van der Waals surface area contributed by atoms with Gasteiger partial charge in [-0.1, -0.05) is 53.2 Å². The van der Waals surface area contributed by atoms with Gasteiger partial charge in [0.15, 0.2) is 5.82 Å². The molecule has 1 fully saturated rings. The number of nitrogens with two attached hydrogens (primary N) is 1. The normalized spacial score (nSPS) is 15.7. The molecule has 1 aliphatic heterocycles. The topological polar surface area (TPSA) is 122 Å². The van der Waals surface area contributed by atoms with Gasteiger partial charge in [0, 0.05) is 37.4 Å². The fourth-order valence-corrected chi connectivity index (χ4v) is 4.11. The van der Waals surface area contributed by atoms with Gasteiger partial charge in [-0.2, -0.15) is 19.9 Å². The van der Waals surface area contributed by atoms with Crippen molar-refractivity contribution in [2.75, 3.05) is 37.2 Å². The van der Waals surface area contributed by atoms with E-state index in [9.17, 15) is 0 Å². The van der Waals surface area contributed by atoms with E-state index in [2.05, 4.69) is 54.1 Å². The lowest BCUT2D eigenvalue weighted by molar-refractivity contribution is 0.0877. The minimum absolute atomic E-state index is 0.00955. The van der Waals surface area contributed by atoms with Crippen LogP contribution in [-0.4, -0.2) is 61.1 Å². The van der Waals surface area contributed by atoms with Crippen LogP contribution in [0.5, 0.6) is 0 Å². The van der Waals surface area contributed by atoms with E-state index in [1.807, 2.05) is 54.6 Å². The zero-order valence-electron chi connectivity index (χ0n) is 19.9. The quantitative estimate of drug-likeness (QED) is 0.414. The van der Waals surface area contributed by atoms with E-state index < -0.39 is 0 Å². The molecule has 10 nitrogen and oxygen atoms in total. The molecule has 2 aromatic carbocycles. The highest BCUT2D eigenvalue weighted by Gasteiger charge is 2.25. The summed E-state index contributed by atoms with van der Waals surface area (Å²) in [6.45, 7) is 8.28. The summed E-state index contributed by atoms with van der Waals surface area (Å²) in [6.07, 6.45) is 0. The number of anilines is 3. The van der Waals surface area contributed by atoms with Crippen LogP contribution in [0.25, 0.3) is 11.4 Å².